The zero-order chi connectivity index (χ0) is 24.4. The van der Waals surface area contributed by atoms with Gasteiger partial charge in [0.2, 0.25) is 5.95 Å². The van der Waals surface area contributed by atoms with Crippen LogP contribution in [0.25, 0.3) is 0 Å². The molecule has 182 valence electrons. The van der Waals surface area contributed by atoms with Crippen molar-refractivity contribution < 1.29 is 14.4 Å². The largest absolute Gasteiger partial charge is 0.494 e. The molecule has 0 spiro atoms. The summed E-state index contributed by atoms with van der Waals surface area (Å²) < 4.78 is 11.0. The second-order valence-corrected chi connectivity index (χ2v) is 8.83. The number of hydrogen-bond acceptors (Lipinski definition) is 9. The number of ether oxygens (including phenoxy) is 2. The maximum Gasteiger partial charge on any atom is 0.271 e. The van der Waals surface area contributed by atoms with Gasteiger partial charge in [-0.2, -0.15) is 4.98 Å². The molecule has 0 radical (unpaired) electrons. The number of non-ortho nitro benzene ring substituents is 1. The number of nitro groups is 1. The van der Waals surface area contributed by atoms with Crippen molar-refractivity contribution in [2.45, 2.75) is 18.8 Å². The molecule has 2 N–H and O–H groups in total. The number of methoxy groups -OCH3 is 1. The second-order valence-electron chi connectivity index (χ2n) is 8.43. The van der Waals surface area contributed by atoms with Crippen molar-refractivity contribution >= 4 is 46.1 Å². The van der Waals surface area contributed by atoms with Crippen LogP contribution in [-0.2, 0) is 4.74 Å². The first kappa shape index (κ1) is 23.1. The number of nitrogens with one attached hydrogen (secondary N) is 2. The van der Waals surface area contributed by atoms with Crippen LogP contribution in [0.4, 0.5) is 34.5 Å². The third-order valence-electron chi connectivity index (χ3n) is 6.07. The van der Waals surface area contributed by atoms with Gasteiger partial charge in [-0.25, -0.2) is 4.98 Å². The van der Waals surface area contributed by atoms with Crippen molar-refractivity contribution in [2.24, 2.45) is 0 Å². The molecule has 1 saturated heterocycles. The molecule has 2 aromatic carbocycles. The van der Waals surface area contributed by atoms with Gasteiger partial charge in [-0.05, 0) is 42.5 Å². The lowest BCUT2D eigenvalue weighted by molar-refractivity contribution is -0.384. The average molecular weight is 497 g/mol. The Balaban J connectivity index is 1.40. The smallest absolute Gasteiger partial charge is 0.271 e. The van der Waals surface area contributed by atoms with Crippen LogP contribution >= 0.6 is 11.6 Å². The minimum Gasteiger partial charge on any atom is -0.494 e. The molecule has 2 fully saturated rings. The molecule has 0 atom stereocenters. The van der Waals surface area contributed by atoms with Gasteiger partial charge < -0.3 is 25.0 Å². The maximum absolute atomic E-state index is 11.3. The number of benzene rings is 2. The third-order valence-corrected chi connectivity index (χ3v) is 6.35. The number of hydrogen-bond donors (Lipinski definition) is 2. The Morgan fingerprint density at radius 3 is 2.66 bits per heavy atom. The molecular weight excluding hydrogens is 472 g/mol. The molecule has 1 aliphatic carbocycles. The van der Waals surface area contributed by atoms with Crippen molar-refractivity contribution in [3.63, 3.8) is 0 Å². The molecule has 0 bridgehead atoms. The summed E-state index contributed by atoms with van der Waals surface area (Å²) in [4.78, 5) is 21.9. The van der Waals surface area contributed by atoms with E-state index in [9.17, 15) is 10.1 Å². The van der Waals surface area contributed by atoms with Crippen LogP contribution < -0.4 is 20.3 Å². The topological polar surface area (TPSA) is 115 Å². The van der Waals surface area contributed by atoms with Crippen LogP contribution in [0.3, 0.4) is 0 Å². The zero-order valence-electron chi connectivity index (χ0n) is 19.2. The first-order chi connectivity index (χ1) is 17.0. The van der Waals surface area contributed by atoms with Crippen LogP contribution in [0.2, 0.25) is 5.02 Å². The van der Waals surface area contributed by atoms with Gasteiger partial charge in [-0.15, -0.1) is 0 Å². The fourth-order valence-electron chi connectivity index (χ4n) is 4.08. The lowest BCUT2D eigenvalue weighted by Gasteiger charge is -2.29. The lowest BCUT2D eigenvalue weighted by Crippen LogP contribution is -2.36. The van der Waals surface area contributed by atoms with E-state index in [1.165, 1.54) is 18.3 Å². The quantitative estimate of drug-likeness (QED) is 0.318. The standard InChI is InChI=1S/C24H25ClN6O4/c1-34-22-13-16(30-8-10-35-11-9-30)5-7-20(22)27-23-19(25)14-26-24(29-23)28-21-12-17(31(32)33)4-6-18(21)15-2-3-15/h4-7,12-15H,2-3,8-11H2,1H3,(H2,26,27,28,29). The first-order valence-electron chi connectivity index (χ1n) is 11.4. The lowest BCUT2D eigenvalue weighted by atomic mass is 10.1. The van der Waals surface area contributed by atoms with Gasteiger partial charge in [0.1, 0.15) is 10.8 Å². The fourth-order valence-corrected chi connectivity index (χ4v) is 4.22. The molecule has 10 nitrogen and oxygen atoms in total. The van der Waals surface area contributed by atoms with E-state index in [-0.39, 0.29) is 11.6 Å². The van der Waals surface area contributed by atoms with Crippen LogP contribution in [-0.4, -0.2) is 48.3 Å². The predicted octanol–water partition coefficient (Wildman–Crippen LogP) is 5.25. The molecule has 0 amide bonds. The number of rotatable bonds is 8. The minimum absolute atomic E-state index is 0.00862. The molecule has 1 aromatic heterocycles. The van der Waals surface area contributed by atoms with Gasteiger partial charge in [-0.3, -0.25) is 10.1 Å². The van der Waals surface area contributed by atoms with Gasteiger partial charge >= 0.3 is 0 Å². The van der Waals surface area contributed by atoms with Crippen LogP contribution in [0.1, 0.15) is 24.3 Å². The number of anilines is 5. The van der Waals surface area contributed by atoms with Crippen molar-refractivity contribution in [3.8, 4) is 5.75 Å². The highest BCUT2D eigenvalue weighted by Crippen LogP contribution is 2.45. The van der Waals surface area contributed by atoms with E-state index in [1.807, 2.05) is 18.2 Å². The van der Waals surface area contributed by atoms with E-state index in [1.54, 1.807) is 13.2 Å². The van der Waals surface area contributed by atoms with E-state index in [0.29, 0.717) is 47.1 Å². The molecule has 35 heavy (non-hydrogen) atoms. The molecule has 3 aromatic rings. The SMILES string of the molecule is COc1cc(N2CCOCC2)ccc1Nc1nc(Nc2cc([N+](=O)[O-])ccc2C2CC2)ncc1Cl. The van der Waals surface area contributed by atoms with Crippen molar-refractivity contribution in [2.75, 3.05) is 48.9 Å². The summed E-state index contributed by atoms with van der Waals surface area (Å²) in [5.74, 6) is 1.70. The molecule has 1 saturated carbocycles. The first-order valence-corrected chi connectivity index (χ1v) is 11.8. The Labute approximate surface area is 207 Å². The van der Waals surface area contributed by atoms with Gasteiger partial charge in [0.15, 0.2) is 5.82 Å². The van der Waals surface area contributed by atoms with Crippen LogP contribution in [0.15, 0.2) is 42.6 Å². The van der Waals surface area contributed by atoms with Crippen LogP contribution in [0.5, 0.6) is 5.75 Å². The van der Waals surface area contributed by atoms with E-state index in [2.05, 4.69) is 25.5 Å². The molecular formula is C24H25ClN6O4. The Morgan fingerprint density at radius 1 is 1.14 bits per heavy atom. The van der Waals surface area contributed by atoms with E-state index >= 15 is 0 Å². The Hall–Kier alpha value is -3.63. The Kier molecular flexibility index (Phi) is 6.56. The Bertz CT molecular complexity index is 1250. The molecule has 0 unspecified atom stereocenters. The van der Waals surface area contributed by atoms with Gasteiger partial charge in [-0.1, -0.05) is 11.6 Å². The number of morpholine rings is 1. The molecule has 1 aliphatic heterocycles. The summed E-state index contributed by atoms with van der Waals surface area (Å²) in [6, 6.07) is 10.7. The van der Waals surface area contributed by atoms with E-state index < -0.39 is 4.92 Å². The average Bonchev–Trinajstić information content (AvgIpc) is 3.72. The number of nitro benzene ring substituents is 1. The van der Waals surface area contributed by atoms with E-state index in [4.69, 9.17) is 21.1 Å². The summed E-state index contributed by atoms with van der Waals surface area (Å²) in [7, 11) is 1.61. The molecule has 11 heteroatoms. The summed E-state index contributed by atoms with van der Waals surface area (Å²) in [6.45, 7) is 3.04. The zero-order valence-corrected chi connectivity index (χ0v) is 19.9. The summed E-state index contributed by atoms with van der Waals surface area (Å²) in [6.07, 6.45) is 3.60. The highest BCUT2D eigenvalue weighted by molar-refractivity contribution is 6.33. The highest BCUT2D eigenvalue weighted by atomic mass is 35.5. The van der Waals surface area contributed by atoms with E-state index in [0.717, 1.165) is 37.2 Å². The number of aromatic nitrogens is 2. The van der Waals surface area contributed by atoms with Crippen molar-refractivity contribution in [3.05, 3.63) is 63.3 Å². The molecule has 2 aliphatic rings. The monoisotopic (exact) mass is 496 g/mol. The fraction of sp³-hybridized carbons (Fsp3) is 0.333. The normalized spacial score (nSPS) is 15.5. The predicted molar refractivity (Wildman–Crippen MR) is 135 cm³/mol. The van der Waals surface area contributed by atoms with Crippen LogP contribution in [0, 0.1) is 10.1 Å². The van der Waals surface area contributed by atoms with Crippen molar-refractivity contribution in [1.82, 2.24) is 9.97 Å². The summed E-state index contributed by atoms with van der Waals surface area (Å²) in [5.41, 5.74) is 3.40. The van der Waals surface area contributed by atoms with Gasteiger partial charge in [0, 0.05) is 37.0 Å². The summed E-state index contributed by atoms with van der Waals surface area (Å²) >= 11 is 6.39. The summed E-state index contributed by atoms with van der Waals surface area (Å²) in [5, 5.41) is 18.0. The molecule has 2 heterocycles. The highest BCUT2D eigenvalue weighted by Gasteiger charge is 2.27. The van der Waals surface area contributed by atoms with Crippen molar-refractivity contribution in [1.29, 1.82) is 0 Å². The minimum atomic E-state index is -0.412. The maximum atomic E-state index is 11.3. The third kappa shape index (κ3) is 5.23. The number of nitrogens with zero attached hydrogens (tertiary/aromatic N) is 4. The van der Waals surface area contributed by atoms with Gasteiger partial charge in [0.05, 0.1) is 42.8 Å². The van der Waals surface area contributed by atoms with Gasteiger partial charge in [0.25, 0.3) is 5.69 Å². The Morgan fingerprint density at radius 2 is 1.94 bits per heavy atom. The second kappa shape index (κ2) is 9.93. The number of halogens is 1. The molecule has 5 rings (SSSR count).